The zero-order valence-corrected chi connectivity index (χ0v) is 17.3. The minimum atomic E-state index is -0.642. The number of aryl methyl sites for hydroxylation is 1. The first-order valence-electron chi connectivity index (χ1n) is 9.42. The standard InChI is InChI=1S/C22H27ClN2O3/c1-4-13-24-22(27)17(3)25(14-18-7-5-6-8-20(18)23)21(26)15-28-19-11-9-16(2)10-12-19/h5-12,17H,4,13-15H2,1-3H3,(H,24,27)/t17-/m0/s1. The van der Waals surface area contributed by atoms with Crippen molar-refractivity contribution in [3.63, 3.8) is 0 Å². The van der Waals surface area contributed by atoms with E-state index < -0.39 is 6.04 Å². The molecule has 0 aliphatic carbocycles. The van der Waals surface area contributed by atoms with Crippen molar-refractivity contribution in [1.82, 2.24) is 10.2 Å². The van der Waals surface area contributed by atoms with Crippen molar-refractivity contribution >= 4 is 23.4 Å². The van der Waals surface area contributed by atoms with Crippen LogP contribution in [0, 0.1) is 6.92 Å². The highest BCUT2D eigenvalue weighted by Crippen LogP contribution is 2.19. The third-order valence-electron chi connectivity index (χ3n) is 4.40. The van der Waals surface area contributed by atoms with Crippen LogP contribution < -0.4 is 10.1 Å². The van der Waals surface area contributed by atoms with Gasteiger partial charge in [0.2, 0.25) is 5.91 Å². The van der Waals surface area contributed by atoms with E-state index in [-0.39, 0.29) is 25.0 Å². The predicted octanol–water partition coefficient (Wildman–Crippen LogP) is 3.97. The monoisotopic (exact) mass is 402 g/mol. The maximum absolute atomic E-state index is 12.9. The summed E-state index contributed by atoms with van der Waals surface area (Å²) in [6.45, 7) is 6.32. The molecule has 1 N–H and O–H groups in total. The van der Waals surface area contributed by atoms with Crippen molar-refractivity contribution in [1.29, 1.82) is 0 Å². The van der Waals surface area contributed by atoms with Crippen LogP contribution in [-0.2, 0) is 16.1 Å². The molecule has 28 heavy (non-hydrogen) atoms. The molecule has 0 saturated carbocycles. The molecule has 150 valence electrons. The molecule has 2 aromatic rings. The van der Waals surface area contributed by atoms with Gasteiger partial charge in [0.15, 0.2) is 6.61 Å². The van der Waals surface area contributed by atoms with Crippen molar-refractivity contribution in [3.8, 4) is 5.75 Å². The maximum atomic E-state index is 12.9. The Hall–Kier alpha value is -2.53. The highest BCUT2D eigenvalue weighted by molar-refractivity contribution is 6.31. The quantitative estimate of drug-likeness (QED) is 0.690. The molecule has 0 radical (unpaired) electrons. The lowest BCUT2D eigenvalue weighted by Crippen LogP contribution is -2.49. The van der Waals surface area contributed by atoms with E-state index in [1.165, 1.54) is 4.90 Å². The maximum Gasteiger partial charge on any atom is 0.261 e. The number of nitrogens with zero attached hydrogens (tertiary/aromatic N) is 1. The molecular weight excluding hydrogens is 376 g/mol. The SMILES string of the molecule is CCCNC(=O)[C@H](C)N(Cc1ccccc1Cl)C(=O)COc1ccc(C)cc1. The molecule has 0 heterocycles. The molecule has 0 unspecified atom stereocenters. The molecule has 0 fully saturated rings. The summed E-state index contributed by atoms with van der Waals surface area (Å²) in [6.07, 6.45) is 0.827. The normalized spacial score (nSPS) is 11.6. The number of hydrogen-bond donors (Lipinski definition) is 1. The summed E-state index contributed by atoms with van der Waals surface area (Å²) in [5.41, 5.74) is 1.89. The number of nitrogens with one attached hydrogen (secondary N) is 1. The molecule has 0 aliphatic rings. The zero-order chi connectivity index (χ0) is 20.5. The van der Waals surface area contributed by atoms with Crippen LogP contribution in [0.3, 0.4) is 0 Å². The molecule has 2 rings (SSSR count). The molecule has 0 saturated heterocycles. The van der Waals surface area contributed by atoms with Crippen molar-refractivity contribution in [3.05, 3.63) is 64.7 Å². The molecule has 2 aromatic carbocycles. The Balaban J connectivity index is 2.13. The van der Waals surface area contributed by atoms with Crippen LogP contribution >= 0.6 is 11.6 Å². The number of carbonyl (C=O) groups is 2. The van der Waals surface area contributed by atoms with Gasteiger partial charge >= 0.3 is 0 Å². The number of halogens is 1. The summed E-state index contributed by atoms with van der Waals surface area (Å²) in [7, 11) is 0. The summed E-state index contributed by atoms with van der Waals surface area (Å²) in [4.78, 5) is 26.9. The summed E-state index contributed by atoms with van der Waals surface area (Å²) in [5.74, 6) is 0.136. The minimum absolute atomic E-state index is 0.154. The van der Waals surface area contributed by atoms with Crippen LogP contribution in [0.5, 0.6) is 5.75 Å². The third kappa shape index (κ3) is 6.27. The van der Waals surface area contributed by atoms with Gasteiger partial charge in [-0.3, -0.25) is 9.59 Å². The molecule has 0 spiro atoms. The lowest BCUT2D eigenvalue weighted by molar-refractivity contribution is -0.142. The van der Waals surface area contributed by atoms with Crippen LogP contribution in [0.25, 0.3) is 0 Å². The number of amides is 2. The average molecular weight is 403 g/mol. The largest absolute Gasteiger partial charge is 0.484 e. The van der Waals surface area contributed by atoms with Crippen LogP contribution in [0.2, 0.25) is 5.02 Å². The van der Waals surface area contributed by atoms with Crippen molar-refractivity contribution < 1.29 is 14.3 Å². The van der Waals surface area contributed by atoms with Gasteiger partial charge in [-0.2, -0.15) is 0 Å². The smallest absolute Gasteiger partial charge is 0.261 e. The fraction of sp³-hybridized carbons (Fsp3) is 0.364. The second-order valence-corrected chi connectivity index (χ2v) is 7.09. The van der Waals surface area contributed by atoms with E-state index in [0.717, 1.165) is 17.5 Å². The van der Waals surface area contributed by atoms with Gasteiger partial charge in [0, 0.05) is 18.1 Å². The minimum Gasteiger partial charge on any atom is -0.484 e. The van der Waals surface area contributed by atoms with Crippen molar-refractivity contribution in [2.45, 2.75) is 39.8 Å². The summed E-state index contributed by atoms with van der Waals surface area (Å²) < 4.78 is 5.63. The number of carbonyl (C=O) groups excluding carboxylic acids is 2. The first kappa shape index (κ1) is 21.8. The molecule has 2 amide bonds. The van der Waals surface area contributed by atoms with Crippen molar-refractivity contribution in [2.75, 3.05) is 13.2 Å². The van der Waals surface area contributed by atoms with Crippen LogP contribution in [0.15, 0.2) is 48.5 Å². The summed E-state index contributed by atoms with van der Waals surface area (Å²) in [6, 6.07) is 14.1. The lowest BCUT2D eigenvalue weighted by atomic mass is 10.1. The van der Waals surface area contributed by atoms with Gasteiger partial charge in [-0.15, -0.1) is 0 Å². The van der Waals surface area contributed by atoms with Gasteiger partial charge in [-0.05, 0) is 44.0 Å². The highest BCUT2D eigenvalue weighted by atomic mass is 35.5. The number of benzene rings is 2. The van der Waals surface area contributed by atoms with Crippen LogP contribution in [0.1, 0.15) is 31.4 Å². The van der Waals surface area contributed by atoms with Crippen LogP contribution in [-0.4, -0.2) is 35.9 Å². The topological polar surface area (TPSA) is 58.6 Å². The predicted molar refractivity (Wildman–Crippen MR) is 111 cm³/mol. The fourth-order valence-corrected chi connectivity index (χ4v) is 2.85. The average Bonchev–Trinajstić information content (AvgIpc) is 2.70. The van der Waals surface area contributed by atoms with E-state index in [9.17, 15) is 9.59 Å². The first-order chi connectivity index (χ1) is 13.4. The number of ether oxygens (including phenoxy) is 1. The van der Waals surface area contributed by atoms with E-state index in [1.807, 2.05) is 56.3 Å². The van der Waals surface area contributed by atoms with Gasteiger partial charge in [-0.25, -0.2) is 0 Å². The molecule has 0 bridgehead atoms. The van der Waals surface area contributed by atoms with Gasteiger partial charge in [0.25, 0.3) is 5.91 Å². The Morgan fingerprint density at radius 3 is 2.46 bits per heavy atom. The summed E-state index contributed by atoms with van der Waals surface area (Å²) >= 11 is 6.26. The molecule has 0 aliphatic heterocycles. The van der Waals surface area contributed by atoms with E-state index >= 15 is 0 Å². The van der Waals surface area contributed by atoms with E-state index in [2.05, 4.69) is 5.32 Å². The first-order valence-corrected chi connectivity index (χ1v) is 9.80. The van der Waals surface area contributed by atoms with Gasteiger partial charge in [0.1, 0.15) is 11.8 Å². The second kappa shape index (κ2) is 10.7. The Labute approximate surface area is 171 Å². The molecule has 6 heteroatoms. The van der Waals surface area contributed by atoms with E-state index in [0.29, 0.717) is 17.3 Å². The van der Waals surface area contributed by atoms with E-state index in [4.69, 9.17) is 16.3 Å². The van der Waals surface area contributed by atoms with E-state index in [1.54, 1.807) is 13.0 Å². The Kier molecular flexibility index (Phi) is 8.33. The number of hydrogen-bond acceptors (Lipinski definition) is 3. The lowest BCUT2D eigenvalue weighted by Gasteiger charge is -2.29. The number of rotatable bonds is 9. The Bertz CT molecular complexity index is 793. The molecule has 5 nitrogen and oxygen atoms in total. The van der Waals surface area contributed by atoms with Crippen molar-refractivity contribution in [2.24, 2.45) is 0 Å². The second-order valence-electron chi connectivity index (χ2n) is 6.68. The highest BCUT2D eigenvalue weighted by Gasteiger charge is 2.26. The summed E-state index contributed by atoms with van der Waals surface area (Å²) in [5, 5.41) is 3.40. The molecular formula is C22H27ClN2O3. The fourth-order valence-electron chi connectivity index (χ4n) is 2.65. The Morgan fingerprint density at radius 2 is 1.82 bits per heavy atom. The van der Waals surface area contributed by atoms with Gasteiger partial charge in [0.05, 0.1) is 0 Å². The molecule has 0 aromatic heterocycles. The van der Waals surface area contributed by atoms with Crippen LogP contribution in [0.4, 0.5) is 0 Å². The molecule has 1 atom stereocenters. The zero-order valence-electron chi connectivity index (χ0n) is 16.6. The Morgan fingerprint density at radius 1 is 1.14 bits per heavy atom. The van der Waals surface area contributed by atoms with Gasteiger partial charge in [-0.1, -0.05) is 54.4 Å². The third-order valence-corrected chi connectivity index (χ3v) is 4.77. The van der Waals surface area contributed by atoms with Gasteiger partial charge < -0.3 is 15.0 Å².